The Kier molecular flexibility index (Phi) is 3.25. The topological polar surface area (TPSA) is 77.6 Å². The normalized spacial score (nSPS) is 11.2. The molecular weight excluding hydrogens is 333 g/mol. The number of halogens is 2. The summed E-state index contributed by atoms with van der Waals surface area (Å²) in [7, 11) is 0. The third-order valence-electron chi connectivity index (χ3n) is 3.42. The Labute approximate surface area is 141 Å². The fraction of sp³-hybridized carbons (Fsp3) is 0. The molecule has 0 aliphatic rings. The summed E-state index contributed by atoms with van der Waals surface area (Å²) in [4.78, 5) is 17.7. The molecule has 23 heavy (non-hydrogen) atoms. The minimum atomic E-state index is 0.249. The van der Waals surface area contributed by atoms with Crippen molar-refractivity contribution in [2.45, 2.75) is 0 Å². The molecule has 2 N–H and O–H groups in total. The van der Waals surface area contributed by atoms with Crippen LogP contribution in [0.2, 0.25) is 10.0 Å². The molecule has 7 heteroatoms. The van der Waals surface area contributed by atoms with Gasteiger partial charge in [-0.25, -0.2) is 19.9 Å². The van der Waals surface area contributed by atoms with Gasteiger partial charge in [-0.15, -0.1) is 0 Å². The molecule has 0 fully saturated rings. The number of anilines is 1. The Morgan fingerprint density at radius 1 is 0.696 bits per heavy atom. The van der Waals surface area contributed by atoms with Gasteiger partial charge in [0.15, 0.2) is 22.8 Å². The highest BCUT2D eigenvalue weighted by Crippen LogP contribution is 2.30. The lowest BCUT2D eigenvalue weighted by molar-refractivity contribution is 1.19. The van der Waals surface area contributed by atoms with Crippen molar-refractivity contribution in [3.8, 4) is 11.4 Å². The Morgan fingerprint density at radius 2 is 1.35 bits per heavy atom. The summed E-state index contributed by atoms with van der Waals surface area (Å²) in [5.41, 5.74) is 8.65. The van der Waals surface area contributed by atoms with E-state index in [1.54, 1.807) is 12.1 Å². The van der Waals surface area contributed by atoms with E-state index in [4.69, 9.17) is 28.9 Å². The zero-order chi connectivity index (χ0) is 16.0. The van der Waals surface area contributed by atoms with Gasteiger partial charge in [0, 0.05) is 5.56 Å². The van der Waals surface area contributed by atoms with Crippen LogP contribution >= 0.6 is 23.2 Å². The quantitative estimate of drug-likeness (QED) is 0.526. The Morgan fingerprint density at radius 3 is 2.04 bits per heavy atom. The van der Waals surface area contributed by atoms with E-state index in [1.165, 1.54) is 0 Å². The van der Waals surface area contributed by atoms with Gasteiger partial charge in [0.05, 0.1) is 10.0 Å². The van der Waals surface area contributed by atoms with Crippen LogP contribution in [-0.2, 0) is 0 Å². The molecule has 0 saturated heterocycles. The van der Waals surface area contributed by atoms with E-state index in [2.05, 4.69) is 19.9 Å². The molecule has 0 bridgehead atoms. The van der Waals surface area contributed by atoms with Crippen molar-refractivity contribution in [1.29, 1.82) is 0 Å². The highest BCUT2D eigenvalue weighted by atomic mass is 35.5. The van der Waals surface area contributed by atoms with Gasteiger partial charge in [-0.3, -0.25) is 0 Å². The Hall–Kier alpha value is -2.50. The molecule has 0 radical (unpaired) electrons. The largest absolute Gasteiger partial charge is 0.382 e. The summed E-state index contributed by atoms with van der Waals surface area (Å²) in [5, 5.41) is 0.905. The monoisotopic (exact) mass is 341 g/mol. The fourth-order valence-corrected chi connectivity index (χ4v) is 2.71. The number of hydrogen-bond acceptors (Lipinski definition) is 5. The van der Waals surface area contributed by atoms with Gasteiger partial charge in [-0.2, -0.15) is 0 Å². The van der Waals surface area contributed by atoms with Crippen molar-refractivity contribution < 1.29 is 0 Å². The highest BCUT2D eigenvalue weighted by molar-refractivity contribution is 6.39. The first-order chi connectivity index (χ1) is 11.1. The van der Waals surface area contributed by atoms with E-state index in [1.807, 2.05) is 30.3 Å². The number of nitrogens with zero attached hydrogens (tertiary/aromatic N) is 4. The molecule has 2 aromatic heterocycles. The average Bonchev–Trinajstić information content (AvgIpc) is 2.58. The molecule has 2 heterocycles. The van der Waals surface area contributed by atoms with Gasteiger partial charge in [0.25, 0.3) is 0 Å². The summed E-state index contributed by atoms with van der Waals surface area (Å²) < 4.78 is 0. The standard InChI is InChI=1S/C16H9Cl2N5/c17-9-6-7-10(18)12-11(9)20-13-14(19)22-15(23-16(13)21-12)8-4-2-1-3-5-8/h1-7H,(H2,19,21,22,23). The zero-order valence-corrected chi connectivity index (χ0v) is 13.2. The first kappa shape index (κ1) is 14.1. The second-order valence-electron chi connectivity index (χ2n) is 4.92. The highest BCUT2D eigenvalue weighted by Gasteiger charge is 2.14. The summed E-state index contributed by atoms with van der Waals surface area (Å²) in [5.74, 6) is 0.738. The molecule has 2 aromatic carbocycles. The van der Waals surface area contributed by atoms with Crippen LogP contribution in [0.1, 0.15) is 0 Å². The molecule has 5 nitrogen and oxygen atoms in total. The first-order valence-electron chi connectivity index (χ1n) is 6.78. The molecule has 0 atom stereocenters. The molecule has 4 rings (SSSR count). The fourth-order valence-electron chi connectivity index (χ4n) is 2.32. The van der Waals surface area contributed by atoms with Gasteiger partial charge in [-0.1, -0.05) is 53.5 Å². The van der Waals surface area contributed by atoms with Crippen LogP contribution in [0.3, 0.4) is 0 Å². The van der Waals surface area contributed by atoms with Crippen LogP contribution in [0.25, 0.3) is 33.6 Å². The predicted octanol–water partition coefficient (Wildman–Crippen LogP) is 4.13. The van der Waals surface area contributed by atoms with Crippen molar-refractivity contribution in [2.75, 3.05) is 5.73 Å². The SMILES string of the molecule is Nc1nc(-c2ccccc2)nc2nc3c(Cl)ccc(Cl)c3nc12. The second-order valence-corrected chi connectivity index (χ2v) is 5.74. The van der Waals surface area contributed by atoms with Crippen LogP contribution in [0.15, 0.2) is 42.5 Å². The van der Waals surface area contributed by atoms with Gasteiger partial charge in [0.2, 0.25) is 0 Å². The third-order valence-corrected chi connectivity index (χ3v) is 4.03. The van der Waals surface area contributed by atoms with E-state index in [9.17, 15) is 0 Å². The van der Waals surface area contributed by atoms with E-state index >= 15 is 0 Å². The summed E-state index contributed by atoms with van der Waals surface area (Å²) >= 11 is 12.4. The molecule has 112 valence electrons. The van der Waals surface area contributed by atoms with Crippen molar-refractivity contribution in [1.82, 2.24) is 19.9 Å². The minimum Gasteiger partial charge on any atom is -0.382 e. The predicted molar refractivity (Wildman–Crippen MR) is 92.5 cm³/mol. The van der Waals surface area contributed by atoms with E-state index in [0.717, 1.165) is 5.56 Å². The number of aromatic nitrogens is 4. The number of fused-ring (bicyclic) bond motifs is 2. The van der Waals surface area contributed by atoms with Crippen LogP contribution in [0.5, 0.6) is 0 Å². The maximum atomic E-state index is 6.19. The molecule has 0 saturated carbocycles. The van der Waals surface area contributed by atoms with E-state index in [0.29, 0.717) is 38.1 Å². The van der Waals surface area contributed by atoms with E-state index in [-0.39, 0.29) is 5.82 Å². The van der Waals surface area contributed by atoms with Gasteiger partial charge in [0.1, 0.15) is 11.0 Å². The maximum Gasteiger partial charge on any atom is 0.184 e. The average molecular weight is 342 g/mol. The lowest BCUT2D eigenvalue weighted by Gasteiger charge is -2.07. The number of benzene rings is 2. The summed E-state index contributed by atoms with van der Waals surface area (Å²) in [6, 6.07) is 12.9. The number of hydrogen-bond donors (Lipinski definition) is 1. The van der Waals surface area contributed by atoms with Gasteiger partial charge >= 0.3 is 0 Å². The molecular formula is C16H9Cl2N5. The van der Waals surface area contributed by atoms with Crippen molar-refractivity contribution in [3.63, 3.8) is 0 Å². The molecule has 0 spiro atoms. The van der Waals surface area contributed by atoms with Gasteiger partial charge < -0.3 is 5.73 Å². The summed E-state index contributed by atoms with van der Waals surface area (Å²) in [6.45, 7) is 0. The van der Waals surface area contributed by atoms with Crippen molar-refractivity contribution >= 4 is 51.2 Å². The number of nitrogens with two attached hydrogens (primary N) is 1. The lowest BCUT2D eigenvalue weighted by Crippen LogP contribution is -2.01. The van der Waals surface area contributed by atoms with Crippen LogP contribution in [-0.4, -0.2) is 19.9 Å². The minimum absolute atomic E-state index is 0.249. The van der Waals surface area contributed by atoms with Crippen LogP contribution in [0.4, 0.5) is 5.82 Å². The lowest BCUT2D eigenvalue weighted by atomic mass is 10.2. The molecule has 0 amide bonds. The second kappa shape index (κ2) is 5.30. The number of nitrogen functional groups attached to an aromatic ring is 1. The summed E-state index contributed by atoms with van der Waals surface area (Å²) in [6.07, 6.45) is 0. The van der Waals surface area contributed by atoms with Gasteiger partial charge in [-0.05, 0) is 12.1 Å². The van der Waals surface area contributed by atoms with E-state index < -0.39 is 0 Å². The van der Waals surface area contributed by atoms with Crippen LogP contribution in [0, 0.1) is 0 Å². The first-order valence-corrected chi connectivity index (χ1v) is 7.53. The molecule has 4 aromatic rings. The Balaban J connectivity index is 2.06. The molecule has 0 aliphatic carbocycles. The van der Waals surface area contributed by atoms with Crippen LogP contribution < -0.4 is 5.73 Å². The molecule has 0 unspecified atom stereocenters. The third kappa shape index (κ3) is 2.34. The smallest absolute Gasteiger partial charge is 0.184 e. The zero-order valence-electron chi connectivity index (χ0n) is 11.7. The Bertz CT molecular complexity index is 1050. The van der Waals surface area contributed by atoms with Crippen molar-refractivity contribution in [2.24, 2.45) is 0 Å². The maximum absolute atomic E-state index is 6.19. The van der Waals surface area contributed by atoms with Crippen molar-refractivity contribution in [3.05, 3.63) is 52.5 Å². The number of rotatable bonds is 1. The molecule has 0 aliphatic heterocycles.